The highest BCUT2D eigenvalue weighted by molar-refractivity contribution is 6.10. The average Bonchev–Trinajstić information content (AvgIpc) is 2.96. The number of carbonyl (C=O) groups excluding carboxylic acids is 2. The predicted molar refractivity (Wildman–Crippen MR) is 175 cm³/mol. The number of nitrogens with one attached hydrogen (secondary N) is 2. The highest BCUT2D eigenvalue weighted by Gasteiger charge is 2.23. The number of amides is 3. The number of morpholine rings is 1. The summed E-state index contributed by atoms with van der Waals surface area (Å²) in [5.74, 6) is -0.237. The molecule has 4 aromatic rings. The molecular weight excluding hydrogens is 554 g/mol. The quantitative estimate of drug-likeness (QED) is 0.220. The van der Waals surface area contributed by atoms with E-state index in [1.54, 1.807) is 6.07 Å². The van der Waals surface area contributed by atoms with Gasteiger partial charge in [0.25, 0.3) is 5.91 Å². The molecule has 1 aliphatic rings. The normalized spacial score (nSPS) is 17.3. The van der Waals surface area contributed by atoms with Gasteiger partial charge in [0.05, 0.1) is 29.3 Å². The van der Waals surface area contributed by atoms with Crippen molar-refractivity contribution in [3.05, 3.63) is 84.2 Å². The number of ether oxygens (including phenoxy) is 2. The number of carbonyl (C=O) groups is 2. The van der Waals surface area contributed by atoms with Crippen molar-refractivity contribution in [3.63, 3.8) is 0 Å². The molecule has 44 heavy (non-hydrogen) atoms. The summed E-state index contributed by atoms with van der Waals surface area (Å²) in [6.07, 6.45) is 2.34. The van der Waals surface area contributed by atoms with Gasteiger partial charge < -0.3 is 25.8 Å². The number of anilines is 2. The smallest absolute Gasteiger partial charge is 0.323 e. The van der Waals surface area contributed by atoms with Gasteiger partial charge in [-0.2, -0.15) is 0 Å². The third-order valence-electron chi connectivity index (χ3n) is 7.65. The first-order chi connectivity index (χ1) is 21.0. The van der Waals surface area contributed by atoms with Crippen molar-refractivity contribution in [2.45, 2.75) is 58.8 Å². The first kappa shape index (κ1) is 31.0. The lowest BCUT2D eigenvalue weighted by molar-refractivity contribution is -0.119. The summed E-state index contributed by atoms with van der Waals surface area (Å²) < 4.78 is 11.4. The molecule has 0 bridgehead atoms. The molecule has 230 valence electrons. The molecule has 5 rings (SSSR count). The first-order valence-corrected chi connectivity index (χ1v) is 14.9. The van der Waals surface area contributed by atoms with E-state index in [0.717, 1.165) is 52.8 Å². The Kier molecular flexibility index (Phi) is 9.17. The molecule has 1 aromatic heterocycles. The van der Waals surface area contributed by atoms with Crippen LogP contribution in [0.5, 0.6) is 5.75 Å². The van der Waals surface area contributed by atoms with Gasteiger partial charge in [0.15, 0.2) is 6.61 Å². The number of aromatic nitrogens is 1. The number of pyridine rings is 1. The summed E-state index contributed by atoms with van der Waals surface area (Å²) in [4.78, 5) is 31.8. The van der Waals surface area contributed by atoms with Crippen LogP contribution in [-0.4, -0.2) is 53.7 Å². The Morgan fingerprint density at radius 3 is 2.32 bits per heavy atom. The number of nitrogens with zero attached hydrogens (tertiary/aromatic N) is 2. The van der Waals surface area contributed by atoms with Gasteiger partial charge in [-0.3, -0.25) is 14.7 Å². The van der Waals surface area contributed by atoms with Crippen molar-refractivity contribution in [1.29, 1.82) is 0 Å². The monoisotopic (exact) mass is 595 g/mol. The van der Waals surface area contributed by atoms with E-state index in [9.17, 15) is 9.59 Å². The maximum absolute atomic E-state index is 13.3. The summed E-state index contributed by atoms with van der Waals surface area (Å²) in [6, 6.07) is 21.1. The molecule has 0 spiro atoms. The van der Waals surface area contributed by atoms with Gasteiger partial charge in [-0.25, -0.2) is 4.79 Å². The minimum absolute atomic E-state index is 0.159. The molecule has 2 atom stereocenters. The van der Waals surface area contributed by atoms with Crippen molar-refractivity contribution in [3.8, 4) is 16.9 Å². The Bertz CT molecular complexity index is 1640. The van der Waals surface area contributed by atoms with Crippen molar-refractivity contribution in [2.75, 3.05) is 30.3 Å². The Labute approximate surface area is 258 Å². The lowest BCUT2D eigenvalue weighted by Crippen LogP contribution is -2.44. The van der Waals surface area contributed by atoms with Crippen molar-refractivity contribution >= 4 is 34.1 Å². The molecule has 4 N–H and O–H groups in total. The highest BCUT2D eigenvalue weighted by Crippen LogP contribution is 2.35. The highest BCUT2D eigenvalue weighted by atomic mass is 16.5. The number of rotatable bonds is 8. The summed E-state index contributed by atoms with van der Waals surface area (Å²) in [6.45, 7) is 12.7. The zero-order valence-electron chi connectivity index (χ0n) is 26.0. The molecule has 1 aliphatic heterocycles. The van der Waals surface area contributed by atoms with Crippen LogP contribution < -0.4 is 21.1 Å². The zero-order chi connectivity index (χ0) is 31.4. The second-order valence-electron chi connectivity index (χ2n) is 12.5. The molecule has 1 fully saturated rings. The number of nitrogens with two attached hydrogens (primary N) is 1. The minimum Gasteiger partial charge on any atom is -0.482 e. The lowest BCUT2D eigenvalue weighted by atomic mass is 9.87. The largest absolute Gasteiger partial charge is 0.482 e. The Morgan fingerprint density at radius 2 is 1.66 bits per heavy atom. The molecule has 0 saturated carbocycles. The third-order valence-corrected chi connectivity index (χ3v) is 7.65. The summed E-state index contributed by atoms with van der Waals surface area (Å²) in [5, 5.41) is 7.79. The SMILES string of the molecule is CC1CN(Cc2ccc(-c3ccc(NC(=O)Nc4cc(C(C)(C)C)ccc4OCC(N)=O)c4ccccc34)cn2)CC(C)O1. The predicted octanol–water partition coefficient (Wildman–Crippen LogP) is 6.32. The van der Waals surface area contributed by atoms with Crippen LogP contribution >= 0.6 is 0 Å². The van der Waals surface area contributed by atoms with Crippen LogP contribution in [0.2, 0.25) is 0 Å². The fraction of sp³-hybridized carbons (Fsp3) is 0.343. The van der Waals surface area contributed by atoms with Gasteiger partial charge in [-0.1, -0.05) is 63.2 Å². The molecule has 9 heteroatoms. The lowest BCUT2D eigenvalue weighted by Gasteiger charge is -2.35. The van der Waals surface area contributed by atoms with E-state index in [1.807, 2.05) is 54.7 Å². The van der Waals surface area contributed by atoms with Gasteiger partial charge in [0.2, 0.25) is 0 Å². The molecule has 3 amide bonds. The molecule has 9 nitrogen and oxygen atoms in total. The van der Waals surface area contributed by atoms with Crippen LogP contribution in [0.4, 0.5) is 16.2 Å². The van der Waals surface area contributed by atoms with E-state index in [-0.39, 0.29) is 24.2 Å². The third kappa shape index (κ3) is 7.53. The van der Waals surface area contributed by atoms with Gasteiger partial charge >= 0.3 is 6.03 Å². The van der Waals surface area contributed by atoms with Crippen LogP contribution in [0.25, 0.3) is 21.9 Å². The van der Waals surface area contributed by atoms with Gasteiger partial charge in [0, 0.05) is 36.8 Å². The summed E-state index contributed by atoms with van der Waals surface area (Å²) in [5.41, 5.74) is 10.3. The van der Waals surface area contributed by atoms with Gasteiger partial charge in [-0.15, -0.1) is 0 Å². The molecule has 1 saturated heterocycles. The van der Waals surface area contributed by atoms with Crippen LogP contribution in [0.3, 0.4) is 0 Å². The minimum atomic E-state index is -0.599. The van der Waals surface area contributed by atoms with E-state index in [1.165, 1.54) is 0 Å². The van der Waals surface area contributed by atoms with Crippen molar-refractivity contribution in [2.24, 2.45) is 5.73 Å². The fourth-order valence-corrected chi connectivity index (χ4v) is 5.62. The molecule has 3 aromatic carbocycles. The van der Waals surface area contributed by atoms with E-state index in [0.29, 0.717) is 17.1 Å². The molecular formula is C35H41N5O4. The van der Waals surface area contributed by atoms with Crippen LogP contribution in [0.1, 0.15) is 45.9 Å². The second kappa shape index (κ2) is 13.0. The van der Waals surface area contributed by atoms with Crippen LogP contribution in [0.15, 0.2) is 72.9 Å². The standard InChI is InChI=1S/C35H41N5O4/c1-22-18-40(19-23(2)44-22)20-26-12-10-24(17-37-26)27-13-14-30(29-9-7-6-8-28(27)29)38-34(42)39-31-16-25(35(3,4)5)11-15-32(31)43-21-33(36)41/h6-17,22-23H,18-21H2,1-5H3,(H2,36,41)(H2,38,39,42). The number of primary amides is 1. The number of hydrogen-bond donors (Lipinski definition) is 3. The number of urea groups is 1. The number of hydrogen-bond acceptors (Lipinski definition) is 6. The summed E-state index contributed by atoms with van der Waals surface area (Å²) >= 11 is 0. The van der Waals surface area contributed by atoms with Gasteiger partial charge in [0.1, 0.15) is 5.75 Å². The van der Waals surface area contributed by atoms with E-state index in [2.05, 4.69) is 62.3 Å². The Morgan fingerprint density at radius 1 is 0.955 bits per heavy atom. The molecule has 0 aliphatic carbocycles. The van der Waals surface area contributed by atoms with Crippen molar-refractivity contribution < 1.29 is 19.1 Å². The topological polar surface area (TPSA) is 119 Å². The number of benzene rings is 3. The average molecular weight is 596 g/mol. The maximum atomic E-state index is 13.3. The van der Waals surface area contributed by atoms with Crippen LogP contribution in [-0.2, 0) is 21.5 Å². The van der Waals surface area contributed by atoms with Crippen LogP contribution in [0, 0.1) is 0 Å². The van der Waals surface area contributed by atoms with E-state index >= 15 is 0 Å². The Hall–Kier alpha value is -4.47. The van der Waals surface area contributed by atoms with Crippen molar-refractivity contribution in [1.82, 2.24) is 9.88 Å². The fourth-order valence-electron chi connectivity index (χ4n) is 5.62. The Balaban J connectivity index is 1.35. The first-order valence-electron chi connectivity index (χ1n) is 14.9. The molecule has 2 heterocycles. The second-order valence-corrected chi connectivity index (χ2v) is 12.5. The maximum Gasteiger partial charge on any atom is 0.323 e. The van der Waals surface area contributed by atoms with E-state index < -0.39 is 11.9 Å². The molecule has 2 unspecified atom stereocenters. The van der Waals surface area contributed by atoms with E-state index in [4.69, 9.17) is 20.2 Å². The molecule has 0 radical (unpaired) electrons. The summed E-state index contributed by atoms with van der Waals surface area (Å²) in [7, 11) is 0. The van der Waals surface area contributed by atoms with Gasteiger partial charge in [-0.05, 0) is 60.0 Å². The zero-order valence-corrected chi connectivity index (χ0v) is 26.0. The number of fused-ring (bicyclic) bond motifs is 1.